The van der Waals surface area contributed by atoms with Crippen LogP contribution in [0.1, 0.15) is 30.4 Å². The largest absolute Gasteiger partial charge is 0.325 e. The second kappa shape index (κ2) is 8.82. The van der Waals surface area contributed by atoms with Crippen LogP contribution in [0, 0.1) is 12.8 Å². The Kier molecular flexibility index (Phi) is 6.24. The van der Waals surface area contributed by atoms with Crippen molar-refractivity contribution in [3.63, 3.8) is 0 Å². The van der Waals surface area contributed by atoms with E-state index < -0.39 is 0 Å². The number of likely N-dealkylation sites (tertiary alicyclic amines) is 1. The number of para-hydroxylation sites is 1. The van der Waals surface area contributed by atoms with Crippen molar-refractivity contribution in [1.29, 1.82) is 0 Å². The van der Waals surface area contributed by atoms with Gasteiger partial charge < -0.3 is 5.32 Å². The summed E-state index contributed by atoms with van der Waals surface area (Å²) in [6, 6.07) is 18.7. The molecule has 2 aromatic carbocycles. The van der Waals surface area contributed by atoms with Gasteiger partial charge in [-0.3, -0.25) is 9.69 Å². The number of hydrogen-bond acceptors (Lipinski definition) is 2. The molecule has 0 aliphatic carbocycles. The summed E-state index contributed by atoms with van der Waals surface area (Å²) >= 11 is 0. The van der Waals surface area contributed by atoms with Crippen LogP contribution < -0.4 is 5.32 Å². The third kappa shape index (κ3) is 5.43. The van der Waals surface area contributed by atoms with Crippen LogP contribution >= 0.6 is 0 Å². The van der Waals surface area contributed by atoms with Gasteiger partial charge in [0.05, 0.1) is 6.54 Å². The van der Waals surface area contributed by atoms with E-state index in [1.165, 1.54) is 31.2 Å². The van der Waals surface area contributed by atoms with Crippen molar-refractivity contribution in [2.75, 3.05) is 25.0 Å². The summed E-state index contributed by atoms with van der Waals surface area (Å²) in [4.78, 5) is 14.6. The van der Waals surface area contributed by atoms with Gasteiger partial charge in [0.15, 0.2) is 0 Å². The molecule has 2 aromatic rings. The molecule has 1 N–H and O–H groups in total. The van der Waals surface area contributed by atoms with Crippen LogP contribution in [-0.4, -0.2) is 30.4 Å². The lowest BCUT2D eigenvalue weighted by molar-refractivity contribution is -0.117. The molecule has 0 aromatic heterocycles. The van der Waals surface area contributed by atoms with Gasteiger partial charge in [-0.25, -0.2) is 0 Å². The summed E-state index contributed by atoms with van der Waals surface area (Å²) in [7, 11) is 0. The third-order valence-corrected chi connectivity index (χ3v) is 5.18. The van der Waals surface area contributed by atoms with Crippen molar-refractivity contribution >= 4 is 11.6 Å². The maximum atomic E-state index is 12.3. The minimum absolute atomic E-state index is 0.0945. The van der Waals surface area contributed by atoms with Crippen LogP contribution in [0.5, 0.6) is 0 Å². The number of benzene rings is 2. The van der Waals surface area contributed by atoms with Crippen LogP contribution in [0.25, 0.3) is 0 Å². The predicted molar refractivity (Wildman–Crippen MR) is 104 cm³/mol. The first-order chi connectivity index (χ1) is 12.2. The summed E-state index contributed by atoms with van der Waals surface area (Å²) in [5.74, 6) is 0.882. The van der Waals surface area contributed by atoms with E-state index in [1.54, 1.807) is 0 Å². The van der Waals surface area contributed by atoms with Gasteiger partial charge in [-0.1, -0.05) is 48.5 Å². The van der Waals surface area contributed by atoms with E-state index in [0.29, 0.717) is 6.54 Å². The molecule has 25 heavy (non-hydrogen) atoms. The van der Waals surface area contributed by atoms with Gasteiger partial charge in [0.2, 0.25) is 5.91 Å². The Morgan fingerprint density at radius 1 is 1.04 bits per heavy atom. The smallest absolute Gasteiger partial charge is 0.238 e. The fourth-order valence-electron chi connectivity index (χ4n) is 3.55. The number of nitrogens with zero attached hydrogens (tertiary/aromatic N) is 1. The molecule has 132 valence electrons. The van der Waals surface area contributed by atoms with Crippen molar-refractivity contribution in [2.45, 2.75) is 32.6 Å². The molecule has 1 amide bonds. The van der Waals surface area contributed by atoms with Gasteiger partial charge in [0.1, 0.15) is 0 Å². The van der Waals surface area contributed by atoms with Crippen LogP contribution in [0.2, 0.25) is 0 Å². The lowest BCUT2D eigenvalue weighted by Crippen LogP contribution is -2.39. The average Bonchev–Trinajstić information content (AvgIpc) is 2.64. The number of hydrogen-bond donors (Lipinski definition) is 1. The van der Waals surface area contributed by atoms with E-state index in [9.17, 15) is 4.79 Å². The van der Waals surface area contributed by atoms with E-state index in [4.69, 9.17) is 0 Å². The average molecular weight is 336 g/mol. The first-order valence-electron chi connectivity index (χ1n) is 9.32. The van der Waals surface area contributed by atoms with Gasteiger partial charge >= 0.3 is 0 Å². The minimum Gasteiger partial charge on any atom is -0.325 e. The maximum absolute atomic E-state index is 12.3. The molecule has 1 aliphatic rings. The number of amides is 1. The molecule has 3 nitrogen and oxygen atoms in total. The van der Waals surface area contributed by atoms with Gasteiger partial charge in [-0.2, -0.15) is 0 Å². The van der Waals surface area contributed by atoms with Gasteiger partial charge in [0.25, 0.3) is 0 Å². The quantitative estimate of drug-likeness (QED) is 0.854. The topological polar surface area (TPSA) is 32.3 Å². The normalized spacial score (nSPS) is 15.9. The summed E-state index contributed by atoms with van der Waals surface area (Å²) < 4.78 is 0. The Labute approximate surface area is 151 Å². The monoisotopic (exact) mass is 336 g/mol. The first-order valence-corrected chi connectivity index (χ1v) is 9.32. The van der Waals surface area contributed by atoms with Crippen molar-refractivity contribution in [3.05, 3.63) is 65.7 Å². The fraction of sp³-hybridized carbons (Fsp3) is 0.409. The van der Waals surface area contributed by atoms with Crippen LogP contribution in [0.3, 0.4) is 0 Å². The molecular weight excluding hydrogens is 308 g/mol. The third-order valence-electron chi connectivity index (χ3n) is 5.18. The van der Waals surface area contributed by atoms with Crippen LogP contribution in [0.15, 0.2) is 54.6 Å². The zero-order valence-corrected chi connectivity index (χ0v) is 15.1. The molecule has 0 spiro atoms. The maximum Gasteiger partial charge on any atom is 0.238 e. The molecular formula is C22H28N2O. The van der Waals surface area contributed by atoms with Crippen molar-refractivity contribution in [2.24, 2.45) is 5.92 Å². The summed E-state index contributed by atoms with van der Waals surface area (Å²) in [5, 5.41) is 3.03. The molecule has 1 aliphatic heterocycles. The van der Waals surface area contributed by atoms with E-state index in [2.05, 4.69) is 40.5 Å². The number of rotatable bonds is 6. The number of aryl methyl sites for hydroxylation is 2. The number of anilines is 1. The predicted octanol–water partition coefficient (Wildman–Crippen LogP) is 4.28. The fourth-order valence-corrected chi connectivity index (χ4v) is 3.55. The molecule has 0 bridgehead atoms. The summed E-state index contributed by atoms with van der Waals surface area (Å²) in [6.45, 7) is 4.58. The summed E-state index contributed by atoms with van der Waals surface area (Å²) in [6.07, 6.45) is 4.82. The molecule has 0 atom stereocenters. The number of piperidine rings is 1. The second-order valence-electron chi connectivity index (χ2n) is 7.11. The summed E-state index contributed by atoms with van der Waals surface area (Å²) in [5.41, 5.74) is 3.46. The zero-order valence-electron chi connectivity index (χ0n) is 15.1. The highest BCUT2D eigenvalue weighted by Gasteiger charge is 2.20. The van der Waals surface area contributed by atoms with Gasteiger partial charge in [-0.15, -0.1) is 0 Å². The van der Waals surface area contributed by atoms with Gasteiger partial charge in [-0.05, 0) is 68.8 Å². The molecule has 1 heterocycles. The highest BCUT2D eigenvalue weighted by molar-refractivity contribution is 5.92. The Morgan fingerprint density at radius 3 is 2.44 bits per heavy atom. The molecule has 3 heteroatoms. The molecule has 0 unspecified atom stereocenters. The Balaban J connectivity index is 1.39. The standard InChI is InChI=1S/C22H28N2O/c1-18-7-5-6-10-21(18)23-22(25)17-24-15-13-20(14-16-24)12-11-19-8-3-2-4-9-19/h2-10,20H,11-17H2,1H3,(H,23,25). The molecule has 1 fully saturated rings. The minimum atomic E-state index is 0.0945. The van der Waals surface area contributed by atoms with E-state index in [1.807, 2.05) is 31.2 Å². The Bertz CT molecular complexity index is 675. The van der Waals surface area contributed by atoms with Crippen molar-refractivity contribution in [1.82, 2.24) is 4.90 Å². The molecule has 3 rings (SSSR count). The van der Waals surface area contributed by atoms with Crippen LogP contribution in [0.4, 0.5) is 5.69 Å². The Hall–Kier alpha value is -2.13. The van der Waals surface area contributed by atoms with Crippen LogP contribution in [-0.2, 0) is 11.2 Å². The highest BCUT2D eigenvalue weighted by atomic mass is 16.2. The second-order valence-corrected chi connectivity index (χ2v) is 7.11. The first kappa shape index (κ1) is 17.7. The number of nitrogens with one attached hydrogen (secondary N) is 1. The number of carbonyl (C=O) groups is 1. The SMILES string of the molecule is Cc1ccccc1NC(=O)CN1CCC(CCc2ccccc2)CC1. The zero-order chi connectivity index (χ0) is 17.5. The molecule has 0 radical (unpaired) electrons. The van der Waals surface area contributed by atoms with E-state index in [-0.39, 0.29) is 5.91 Å². The number of carbonyl (C=O) groups excluding carboxylic acids is 1. The van der Waals surface area contributed by atoms with Gasteiger partial charge in [0, 0.05) is 5.69 Å². The lowest BCUT2D eigenvalue weighted by atomic mass is 9.90. The van der Waals surface area contributed by atoms with E-state index in [0.717, 1.165) is 30.3 Å². The van der Waals surface area contributed by atoms with Crippen molar-refractivity contribution < 1.29 is 4.79 Å². The van der Waals surface area contributed by atoms with Crippen molar-refractivity contribution in [3.8, 4) is 0 Å². The van der Waals surface area contributed by atoms with E-state index >= 15 is 0 Å². The molecule has 1 saturated heterocycles. The molecule has 0 saturated carbocycles. The lowest BCUT2D eigenvalue weighted by Gasteiger charge is -2.31. The Morgan fingerprint density at radius 2 is 1.72 bits per heavy atom. The highest BCUT2D eigenvalue weighted by Crippen LogP contribution is 2.22.